The van der Waals surface area contributed by atoms with Crippen molar-refractivity contribution in [3.05, 3.63) is 243 Å². The van der Waals surface area contributed by atoms with Crippen LogP contribution in [0.1, 0.15) is 0 Å². The summed E-state index contributed by atoms with van der Waals surface area (Å²) in [5.41, 5.74) is 16.4. The summed E-state index contributed by atoms with van der Waals surface area (Å²) in [5, 5.41) is 5.03. The van der Waals surface area contributed by atoms with Crippen LogP contribution in [0.4, 0.5) is 17.1 Å². The number of hydrogen-bond acceptors (Lipinski definition) is 2. The molecule has 0 aliphatic rings. The highest BCUT2D eigenvalue weighted by atomic mass is 32.1. The topological polar surface area (TPSA) is 8.17 Å². The number of hydrogen-bond donors (Lipinski definition) is 0. The molecule has 2 nitrogen and oxygen atoms in total. The van der Waals surface area contributed by atoms with Crippen molar-refractivity contribution in [1.29, 1.82) is 0 Å². The highest BCUT2D eigenvalue weighted by Crippen LogP contribution is 2.48. The monoisotopic (exact) mass is 820 g/mol. The molecule has 2 heterocycles. The van der Waals surface area contributed by atoms with E-state index in [0.29, 0.717) is 0 Å². The molecule has 0 aliphatic heterocycles. The lowest BCUT2D eigenvalue weighted by atomic mass is 9.88. The van der Waals surface area contributed by atoms with Crippen LogP contribution in [0, 0.1) is 0 Å². The van der Waals surface area contributed by atoms with Crippen LogP contribution >= 0.6 is 11.3 Å². The van der Waals surface area contributed by atoms with Crippen molar-refractivity contribution >= 4 is 70.4 Å². The molecule has 12 rings (SSSR count). The first-order valence-corrected chi connectivity index (χ1v) is 22.3. The van der Waals surface area contributed by atoms with Crippen molar-refractivity contribution in [3.63, 3.8) is 0 Å². The predicted octanol–water partition coefficient (Wildman–Crippen LogP) is 17.3. The van der Waals surface area contributed by atoms with Crippen molar-refractivity contribution in [2.75, 3.05) is 4.90 Å². The molecule has 3 heteroatoms. The van der Waals surface area contributed by atoms with Crippen molar-refractivity contribution in [2.45, 2.75) is 0 Å². The van der Waals surface area contributed by atoms with Gasteiger partial charge in [-0.15, -0.1) is 11.3 Å². The number of aromatic nitrogens is 1. The van der Waals surface area contributed by atoms with E-state index >= 15 is 0 Å². The molecule has 0 unspecified atom stereocenters. The number of anilines is 3. The minimum Gasteiger partial charge on any atom is -0.310 e. The van der Waals surface area contributed by atoms with E-state index in [9.17, 15) is 0 Å². The van der Waals surface area contributed by atoms with E-state index in [-0.39, 0.29) is 0 Å². The summed E-state index contributed by atoms with van der Waals surface area (Å²) in [6, 6.07) is 88.4. The van der Waals surface area contributed by atoms with Crippen LogP contribution in [0.15, 0.2) is 243 Å². The van der Waals surface area contributed by atoms with E-state index in [1.807, 2.05) is 11.3 Å². The molecule has 0 N–H and O–H groups in total. The molecule has 0 aliphatic carbocycles. The number of rotatable bonds is 8. The lowest BCUT2D eigenvalue weighted by Gasteiger charge is -2.29. The molecule has 0 radical (unpaired) electrons. The normalized spacial score (nSPS) is 11.5. The van der Waals surface area contributed by atoms with E-state index in [1.54, 1.807) is 0 Å². The van der Waals surface area contributed by atoms with Crippen molar-refractivity contribution in [1.82, 2.24) is 4.57 Å². The molecule has 296 valence electrons. The van der Waals surface area contributed by atoms with Crippen molar-refractivity contribution < 1.29 is 0 Å². The minimum absolute atomic E-state index is 1.09. The van der Waals surface area contributed by atoms with Gasteiger partial charge in [0.25, 0.3) is 0 Å². The van der Waals surface area contributed by atoms with E-state index in [1.165, 1.54) is 80.9 Å². The SMILES string of the molecule is c1ccc(-c2ccccc2-c2ccccc2-c2ccccc2N(c2cccc(-c3cccc4c3sc3ccccc34)c2)c2ccc3c(c2)c2ccccc2n3-c2ccccc2)cc1. The molecule has 63 heavy (non-hydrogen) atoms. The number of nitrogens with zero attached hydrogens (tertiary/aromatic N) is 2. The van der Waals surface area contributed by atoms with Gasteiger partial charge >= 0.3 is 0 Å². The molecule has 10 aromatic carbocycles. The highest BCUT2D eigenvalue weighted by Gasteiger charge is 2.23. The Bertz CT molecular complexity index is 3640. The van der Waals surface area contributed by atoms with Crippen LogP contribution in [0.25, 0.3) is 92.2 Å². The third-order valence-electron chi connectivity index (χ3n) is 12.4. The van der Waals surface area contributed by atoms with Crippen LogP contribution < -0.4 is 4.90 Å². The van der Waals surface area contributed by atoms with Gasteiger partial charge in [0.2, 0.25) is 0 Å². The Morgan fingerprint density at radius 3 is 1.67 bits per heavy atom. The second-order valence-corrected chi connectivity index (χ2v) is 17.1. The Hall–Kier alpha value is -7.98. The molecule has 0 fully saturated rings. The molecular weight excluding hydrogens is 781 g/mol. The van der Waals surface area contributed by atoms with Gasteiger partial charge in [-0.25, -0.2) is 0 Å². The first-order valence-electron chi connectivity index (χ1n) is 21.5. The van der Waals surface area contributed by atoms with Crippen LogP contribution in [-0.4, -0.2) is 4.57 Å². The fourth-order valence-electron chi connectivity index (χ4n) is 9.61. The quantitative estimate of drug-likeness (QED) is 0.148. The Morgan fingerprint density at radius 2 is 0.857 bits per heavy atom. The van der Waals surface area contributed by atoms with E-state index < -0.39 is 0 Å². The third-order valence-corrected chi connectivity index (χ3v) is 13.6. The molecule has 2 aromatic heterocycles. The fraction of sp³-hybridized carbons (Fsp3) is 0. The van der Waals surface area contributed by atoms with Crippen molar-refractivity contribution in [3.8, 4) is 50.2 Å². The van der Waals surface area contributed by atoms with Gasteiger partial charge in [-0.3, -0.25) is 0 Å². The van der Waals surface area contributed by atoms with Gasteiger partial charge in [0.15, 0.2) is 0 Å². The van der Waals surface area contributed by atoms with Crippen molar-refractivity contribution in [2.24, 2.45) is 0 Å². The van der Waals surface area contributed by atoms with Gasteiger partial charge < -0.3 is 9.47 Å². The molecule has 0 spiro atoms. The summed E-state index contributed by atoms with van der Waals surface area (Å²) >= 11 is 1.88. The Kier molecular flexibility index (Phi) is 9.06. The first-order chi connectivity index (χ1) is 31.3. The largest absolute Gasteiger partial charge is 0.310 e. The van der Waals surface area contributed by atoms with E-state index in [2.05, 4.69) is 252 Å². The van der Waals surface area contributed by atoms with E-state index in [4.69, 9.17) is 0 Å². The Morgan fingerprint density at radius 1 is 0.317 bits per heavy atom. The Labute approximate surface area is 370 Å². The molecule has 0 atom stereocenters. The van der Waals surface area contributed by atoms with Gasteiger partial charge in [-0.2, -0.15) is 0 Å². The van der Waals surface area contributed by atoms with Gasteiger partial charge in [-0.05, 0) is 99.6 Å². The third kappa shape index (κ3) is 6.33. The molecule has 12 aromatic rings. The van der Waals surface area contributed by atoms with Gasteiger partial charge in [0.1, 0.15) is 0 Å². The summed E-state index contributed by atoms with van der Waals surface area (Å²) in [4.78, 5) is 2.47. The molecule has 0 bridgehead atoms. The standard InChI is InChI=1S/C60H40N2S/c1-3-19-41(20-4-1)46-25-7-8-26-48(46)49-27-9-10-28-50(49)51-29-11-14-34-56(51)61(44-24-17-21-42(39-44)47-32-18-33-54-53-31-13-16-36-59(53)63-60(47)54)45-37-38-58-55(40-45)52-30-12-15-35-57(52)62(58)43-22-5-2-6-23-43/h1-40H. The van der Waals surface area contributed by atoms with E-state index in [0.717, 1.165) is 28.3 Å². The second kappa shape index (κ2) is 15.5. The maximum Gasteiger partial charge on any atom is 0.0542 e. The molecular formula is C60H40N2S. The minimum atomic E-state index is 1.09. The summed E-state index contributed by atoms with van der Waals surface area (Å²) in [7, 11) is 0. The predicted molar refractivity (Wildman–Crippen MR) is 270 cm³/mol. The first kappa shape index (κ1) is 36.8. The second-order valence-electron chi connectivity index (χ2n) is 16.0. The molecule has 0 saturated carbocycles. The van der Waals surface area contributed by atoms with Gasteiger partial charge in [-0.1, -0.05) is 182 Å². The summed E-state index contributed by atoms with van der Waals surface area (Å²) in [6.45, 7) is 0. The van der Waals surface area contributed by atoms with Crippen LogP contribution in [0.5, 0.6) is 0 Å². The number of para-hydroxylation sites is 3. The zero-order valence-electron chi connectivity index (χ0n) is 34.4. The number of thiophene rings is 1. The summed E-state index contributed by atoms with van der Waals surface area (Å²) in [6.07, 6.45) is 0. The van der Waals surface area contributed by atoms with Gasteiger partial charge in [0.05, 0.1) is 16.7 Å². The van der Waals surface area contributed by atoms with Crippen LogP contribution in [0.2, 0.25) is 0 Å². The van der Waals surface area contributed by atoms with Gasteiger partial charge in [0, 0.05) is 53.6 Å². The average Bonchev–Trinajstić information content (AvgIpc) is 3.91. The Balaban J connectivity index is 1.10. The zero-order chi connectivity index (χ0) is 41.7. The van der Waals surface area contributed by atoms with Crippen LogP contribution in [-0.2, 0) is 0 Å². The molecule has 0 amide bonds. The highest BCUT2D eigenvalue weighted by molar-refractivity contribution is 7.26. The molecule has 0 saturated heterocycles. The van der Waals surface area contributed by atoms with Crippen LogP contribution in [0.3, 0.4) is 0 Å². The maximum absolute atomic E-state index is 2.47. The lowest BCUT2D eigenvalue weighted by molar-refractivity contribution is 1.18. The zero-order valence-corrected chi connectivity index (χ0v) is 35.2. The lowest BCUT2D eigenvalue weighted by Crippen LogP contribution is -2.11. The summed E-state index contributed by atoms with van der Waals surface area (Å²) < 4.78 is 5.01. The number of benzene rings is 10. The smallest absolute Gasteiger partial charge is 0.0542 e. The average molecular weight is 821 g/mol. The maximum atomic E-state index is 2.47. The fourth-order valence-corrected chi connectivity index (χ4v) is 10.8. The summed E-state index contributed by atoms with van der Waals surface area (Å²) in [5.74, 6) is 0. The number of fused-ring (bicyclic) bond motifs is 6.